The second-order valence-electron chi connectivity index (χ2n) is 7.16. The zero-order valence-corrected chi connectivity index (χ0v) is 18.8. The van der Waals surface area contributed by atoms with Gasteiger partial charge >= 0.3 is 0 Å². The van der Waals surface area contributed by atoms with Crippen LogP contribution in [0.15, 0.2) is 53.5 Å². The van der Waals surface area contributed by atoms with E-state index in [-0.39, 0.29) is 5.75 Å². The quantitative estimate of drug-likeness (QED) is 0.474. The first-order valence-corrected chi connectivity index (χ1v) is 11.8. The molecule has 1 heterocycles. The van der Waals surface area contributed by atoms with Crippen molar-refractivity contribution in [2.75, 3.05) is 40.5 Å². The van der Waals surface area contributed by atoms with Crippen LogP contribution < -0.4 is 15.4 Å². The summed E-state index contributed by atoms with van der Waals surface area (Å²) in [6.45, 7) is 2.78. The molecule has 1 saturated heterocycles. The fourth-order valence-electron chi connectivity index (χ4n) is 3.31. The van der Waals surface area contributed by atoms with E-state index in [2.05, 4.69) is 15.6 Å². The van der Waals surface area contributed by atoms with Gasteiger partial charge in [-0.05, 0) is 28.8 Å². The van der Waals surface area contributed by atoms with E-state index in [0.717, 1.165) is 22.4 Å². The fourth-order valence-corrected chi connectivity index (χ4v) is 4.87. The van der Waals surface area contributed by atoms with Crippen molar-refractivity contribution >= 4 is 16.0 Å². The van der Waals surface area contributed by atoms with E-state index in [1.54, 1.807) is 14.2 Å². The number of nitrogens with one attached hydrogen (secondary N) is 2. The number of aliphatic imine (C=N–C) groups is 1. The maximum atomic E-state index is 12.8. The number of benzene rings is 2. The maximum Gasteiger partial charge on any atom is 0.218 e. The average molecular weight is 447 g/mol. The van der Waals surface area contributed by atoms with Crippen LogP contribution in [-0.2, 0) is 33.6 Å². The minimum absolute atomic E-state index is 0.0251. The van der Waals surface area contributed by atoms with Crippen molar-refractivity contribution in [2.45, 2.75) is 18.8 Å². The van der Waals surface area contributed by atoms with Gasteiger partial charge in [-0.25, -0.2) is 8.42 Å². The highest BCUT2D eigenvalue weighted by Gasteiger charge is 2.25. The Hall–Kier alpha value is -2.62. The topological polar surface area (TPSA) is 92.3 Å². The van der Waals surface area contributed by atoms with E-state index < -0.39 is 10.0 Å². The third-order valence-corrected chi connectivity index (χ3v) is 6.94. The Balaban J connectivity index is 1.59. The lowest BCUT2D eigenvalue weighted by Crippen LogP contribution is -2.41. The summed E-state index contributed by atoms with van der Waals surface area (Å²) < 4.78 is 37.6. The van der Waals surface area contributed by atoms with Crippen LogP contribution in [-0.4, -0.2) is 59.1 Å². The van der Waals surface area contributed by atoms with Crippen molar-refractivity contribution in [1.29, 1.82) is 0 Å². The van der Waals surface area contributed by atoms with Gasteiger partial charge in [0.2, 0.25) is 10.0 Å². The van der Waals surface area contributed by atoms with Crippen LogP contribution in [0.5, 0.6) is 5.75 Å². The van der Waals surface area contributed by atoms with Gasteiger partial charge < -0.3 is 20.1 Å². The Bertz CT molecular complexity index is 971. The van der Waals surface area contributed by atoms with E-state index in [4.69, 9.17) is 9.47 Å². The van der Waals surface area contributed by atoms with Gasteiger partial charge in [-0.2, -0.15) is 4.31 Å². The van der Waals surface area contributed by atoms with Crippen molar-refractivity contribution in [3.8, 4) is 5.75 Å². The van der Waals surface area contributed by atoms with E-state index in [0.29, 0.717) is 45.4 Å². The highest BCUT2D eigenvalue weighted by molar-refractivity contribution is 7.88. The predicted octanol–water partition coefficient (Wildman–Crippen LogP) is 1.72. The van der Waals surface area contributed by atoms with Gasteiger partial charge in [-0.1, -0.05) is 36.4 Å². The van der Waals surface area contributed by atoms with Crippen molar-refractivity contribution in [2.24, 2.45) is 4.99 Å². The minimum atomic E-state index is -3.39. The van der Waals surface area contributed by atoms with Crippen LogP contribution >= 0.6 is 0 Å². The third kappa shape index (κ3) is 6.68. The molecule has 0 radical (unpaired) electrons. The molecule has 1 fully saturated rings. The van der Waals surface area contributed by atoms with Crippen LogP contribution in [0, 0.1) is 0 Å². The van der Waals surface area contributed by atoms with Gasteiger partial charge in [-0.15, -0.1) is 0 Å². The highest BCUT2D eigenvalue weighted by atomic mass is 32.2. The van der Waals surface area contributed by atoms with Crippen molar-refractivity contribution < 1.29 is 17.9 Å². The molecular formula is C22H30N4O4S. The molecule has 0 amide bonds. The third-order valence-electron chi connectivity index (χ3n) is 5.11. The first-order valence-electron chi connectivity index (χ1n) is 10.2. The van der Waals surface area contributed by atoms with E-state index >= 15 is 0 Å². The lowest BCUT2D eigenvalue weighted by molar-refractivity contribution is 0.0729. The first-order chi connectivity index (χ1) is 15.0. The standard InChI is InChI=1S/C22H30N4O4S/c1-23-22(24-15-18-7-9-21(29-2)10-8-18)25-16-19-5-3-4-6-20(19)17-31(27,28)26-11-13-30-14-12-26/h3-10H,11-17H2,1-2H3,(H2,23,24,25). The van der Waals surface area contributed by atoms with E-state index in [1.807, 2.05) is 48.5 Å². The number of guanidine groups is 1. The number of ether oxygens (including phenoxy) is 2. The van der Waals surface area contributed by atoms with E-state index in [1.165, 1.54) is 4.31 Å². The molecule has 31 heavy (non-hydrogen) atoms. The first kappa shape index (κ1) is 23.1. The monoisotopic (exact) mass is 446 g/mol. The summed E-state index contributed by atoms with van der Waals surface area (Å²) in [7, 11) is -0.0372. The fraction of sp³-hybridized carbons (Fsp3) is 0.409. The van der Waals surface area contributed by atoms with Crippen molar-refractivity contribution in [3.63, 3.8) is 0 Å². The average Bonchev–Trinajstić information content (AvgIpc) is 2.81. The number of nitrogens with zero attached hydrogens (tertiary/aromatic N) is 2. The molecular weight excluding hydrogens is 416 g/mol. The van der Waals surface area contributed by atoms with Crippen molar-refractivity contribution in [3.05, 3.63) is 65.2 Å². The van der Waals surface area contributed by atoms with Gasteiger partial charge in [0.15, 0.2) is 5.96 Å². The molecule has 0 aliphatic carbocycles. The van der Waals surface area contributed by atoms with Crippen LogP contribution in [0.25, 0.3) is 0 Å². The Morgan fingerprint density at radius 3 is 2.32 bits per heavy atom. The Labute approximate surface area is 184 Å². The Morgan fingerprint density at radius 1 is 1.03 bits per heavy atom. The van der Waals surface area contributed by atoms with Gasteiger partial charge in [-0.3, -0.25) is 4.99 Å². The smallest absolute Gasteiger partial charge is 0.218 e. The SMILES string of the molecule is CN=C(NCc1ccc(OC)cc1)NCc1ccccc1CS(=O)(=O)N1CCOCC1. The Kier molecular flexibility index (Phi) is 8.27. The molecule has 168 valence electrons. The number of rotatable bonds is 8. The highest BCUT2D eigenvalue weighted by Crippen LogP contribution is 2.17. The molecule has 8 nitrogen and oxygen atoms in total. The number of hydrogen-bond donors (Lipinski definition) is 2. The van der Waals surface area contributed by atoms with Gasteiger partial charge in [0.1, 0.15) is 5.75 Å². The number of methoxy groups -OCH3 is 1. The number of morpholine rings is 1. The second-order valence-corrected chi connectivity index (χ2v) is 9.13. The zero-order valence-electron chi connectivity index (χ0n) is 18.0. The Morgan fingerprint density at radius 2 is 1.68 bits per heavy atom. The molecule has 9 heteroatoms. The zero-order chi connectivity index (χ0) is 22.1. The summed E-state index contributed by atoms with van der Waals surface area (Å²) in [4.78, 5) is 4.26. The molecule has 3 rings (SSSR count). The molecule has 0 atom stereocenters. The summed E-state index contributed by atoms with van der Waals surface area (Å²) >= 11 is 0. The number of hydrogen-bond acceptors (Lipinski definition) is 5. The lowest BCUT2D eigenvalue weighted by atomic mass is 10.1. The normalized spacial score (nSPS) is 15.5. The predicted molar refractivity (Wildman–Crippen MR) is 121 cm³/mol. The summed E-state index contributed by atoms with van der Waals surface area (Å²) in [5, 5.41) is 6.54. The molecule has 0 unspecified atom stereocenters. The van der Waals surface area contributed by atoms with Crippen LogP contribution in [0.1, 0.15) is 16.7 Å². The molecule has 0 aromatic heterocycles. The number of sulfonamides is 1. The molecule has 2 aromatic carbocycles. The summed E-state index contributed by atoms with van der Waals surface area (Å²) in [6.07, 6.45) is 0. The largest absolute Gasteiger partial charge is 0.497 e. The molecule has 2 N–H and O–H groups in total. The van der Waals surface area contributed by atoms with Crippen molar-refractivity contribution in [1.82, 2.24) is 14.9 Å². The second kappa shape index (κ2) is 11.1. The maximum absolute atomic E-state index is 12.8. The van der Waals surface area contributed by atoms with Gasteiger partial charge in [0.05, 0.1) is 26.1 Å². The van der Waals surface area contributed by atoms with Gasteiger partial charge in [0.25, 0.3) is 0 Å². The van der Waals surface area contributed by atoms with Crippen LogP contribution in [0.2, 0.25) is 0 Å². The van der Waals surface area contributed by atoms with Crippen LogP contribution in [0.4, 0.5) is 0 Å². The summed E-state index contributed by atoms with van der Waals surface area (Å²) in [5.41, 5.74) is 2.81. The molecule has 0 bridgehead atoms. The van der Waals surface area contributed by atoms with E-state index in [9.17, 15) is 8.42 Å². The lowest BCUT2D eigenvalue weighted by Gasteiger charge is -2.26. The molecule has 1 aliphatic heterocycles. The minimum Gasteiger partial charge on any atom is -0.497 e. The molecule has 0 saturated carbocycles. The van der Waals surface area contributed by atoms with Crippen LogP contribution in [0.3, 0.4) is 0 Å². The molecule has 0 spiro atoms. The van der Waals surface area contributed by atoms with Gasteiger partial charge in [0, 0.05) is 33.2 Å². The molecule has 1 aliphatic rings. The summed E-state index contributed by atoms with van der Waals surface area (Å²) in [5.74, 6) is 1.43. The summed E-state index contributed by atoms with van der Waals surface area (Å²) in [6, 6.07) is 15.4. The molecule has 2 aromatic rings.